The van der Waals surface area contributed by atoms with Gasteiger partial charge >= 0.3 is 0 Å². The van der Waals surface area contributed by atoms with Gasteiger partial charge in [-0.15, -0.1) is 0 Å². The third-order valence-corrected chi connectivity index (χ3v) is 3.70. The summed E-state index contributed by atoms with van der Waals surface area (Å²) in [5, 5.41) is 3.52. The second kappa shape index (κ2) is 11.3. The van der Waals surface area contributed by atoms with Crippen molar-refractivity contribution in [1.29, 1.82) is 0 Å². The van der Waals surface area contributed by atoms with Crippen molar-refractivity contribution >= 4 is 0 Å². The van der Waals surface area contributed by atoms with Gasteiger partial charge < -0.3 is 9.80 Å². The fraction of sp³-hybridized carbons (Fsp3) is 0.882. The molecule has 0 aromatic carbocycles. The van der Waals surface area contributed by atoms with Gasteiger partial charge in [0.2, 0.25) is 0 Å². The van der Waals surface area contributed by atoms with E-state index in [1.807, 2.05) is 0 Å². The molecule has 1 unspecified atom stereocenters. The van der Waals surface area contributed by atoms with Gasteiger partial charge in [-0.2, -0.15) is 0 Å². The van der Waals surface area contributed by atoms with Crippen molar-refractivity contribution in [3.05, 3.63) is 12.3 Å². The molecular weight excluding hydrogens is 232 g/mol. The minimum atomic E-state index is 0.519. The van der Waals surface area contributed by atoms with Crippen molar-refractivity contribution in [2.75, 3.05) is 21.1 Å². The van der Waals surface area contributed by atoms with E-state index in [-0.39, 0.29) is 0 Å². The van der Waals surface area contributed by atoms with Gasteiger partial charge in [0.1, 0.15) is 0 Å². The number of allylic oxidation sites excluding steroid dienone is 1. The number of nitrogens with one attached hydrogen (secondary N) is 1. The van der Waals surface area contributed by atoms with E-state index in [0.717, 1.165) is 10.9 Å². The topological polar surface area (TPSA) is 12.0 Å². The van der Waals surface area contributed by atoms with Gasteiger partial charge in [0.25, 0.3) is 0 Å². The van der Waals surface area contributed by atoms with Crippen molar-refractivity contribution < 1.29 is 4.48 Å². The van der Waals surface area contributed by atoms with E-state index in [4.69, 9.17) is 0 Å². The molecule has 0 aliphatic rings. The van der Waals surface area contributed by atoms with E-state index in [1.54, 1.807) is 0 Å². The van der Waals surface area contributed by atoms with Crippen LogP contribution >= 0.6 is 0 Å². The van der Waals surface area contributed by atoms with Crippen LogP contribution in [0.4, 0.5) is 0 Å². The zero-order chi connectivity index (χ0) is 14.6. The largest absolute Gasteiger partial charge is 0.343 e. The second-order valence-electron chi connectivity index (χ2n) is 6.52. The molecule has 0 rings (SSSR count). The van der Waals surface area contributed by atoms with Gasteiger partial charge in [-0.3, -0.25) is 0 Å². The molecule has 0 aliphatic carbocycles. The lowest BCUT2D eigenvalue weighted by Gasteiger charge is -2.33. The summed E-state index contributed by atoms with van der Waals surface area (Å²) >= 11 is 0. The lowest BCUT2D eigenvalue weighted by molar-refractivity contribution is -0.898. The Morgan fingerprint density at radius 2 is 1.47 bits per heavy atom. The molecule has 0 saturated heterocycles. The summed E-state index contributed by atoms with van der Waals surface area (Å²) in [6.07, 6.45) is 17.1. The zero-order valence-corrected chi connectivity index (χ0v) is 14.0. The van der Waals surface area contributed by atoms with E-state index in [9.17, 15) is 0 Å². The monoisotopic (exact) mass is 269 g/mol. The summed E-state index contributed by atoms with van der Waals surface area (Å²) in [4.78, 5) is 0. The van der Waals surface area contributed by atoms with E-state index >= 15 is 0 Å². The highest BCUT2D eigenvalue weighted by Gasteiger charge is 2.19. The van der Waals surface area contributed by atoms with Crippen molar-refractivity contribution in [2.24, 2.45) is 0 Å². The predicted octanol–water partition coefficient (Wildman–Crippen LogP) is 4.67. The fourth-order valence-corrected chi connectivity index (χ4v) is 2.37. The SMILES string of the molecule is CCCCCCCCCC=CNC(CC)[N+](C)(C)C. The normalized spacial score (nSPS) is 13.9. The Morgan fingerprint density at radius 1 is 0.895 bits per heavy atom. The fourth-order valence-electron chi connectivity index (χ4n) is 2.37. The van der Waals surface area contributed by atoms with Crippen molar-refractivity contribution in [2.45, 2.75) is 77.8 Å². The first-order chi connectivity index (χ1) is 9.02. The average Bonchev–Trinajstić information content (AvgIpc) is 2.34. The highest BCUT2D eigenvalue weighted by Crippen LogP contribution is 2.08. The molecule has 0 bridgehead atoms. The number of hydrogen-bond acceptors (Lipinski definition) is 1. The Kier molecular flexibility index (Phi) is 11.0. The van der Waals surface area contributed by atoms with Crippen LogP contribution in [0.1, 0.15) is 71.6 Å². The Hall–Kier alpha value is -0.500. The van der Waals surface area contributed by atoms with Crippen LogP contribution in [0, 0.1) is 0 Å². The average molecular weight is 269 g/mol. The van der Waals surface area contributed by atoms with Crippen LogP contribution in [0.2, 0.25) is 0 Å². The van der Waals surface area contributed by atoms with Crippen molar-refractivity contribution in [3.63, 3.8) is 0 Å². The highest BCUT2D eigenvalue weighted by molar-refractivity contribution is 4.80. The minimum Gasteiger partial charge on any atom is -0.343 e. The molecule has 0 aliphatic heterocycles. The Labute approximate surface area is 121 Å². The Balaban J connectivity index is 3.48. The molecule has 114 valence electrons. The van der Waals surface area contributed by atoms with Crippen LogP contribution < -0.4 is 5.32 Å². The summed E-state index contributed by atoms with van der Waals surface area (Å²) in [5.41, 5.74) is 0. The van der Waals surface area contributed by atoms with Crippen LogP contribution in [0.5, 0.6) is 0 Å². The Morgan fingerprint density at radius 3 is 2.00 bits per heavy atom. The number of unbranched alkanes of at least 4 members (excludes halogenated alkanes) is 7. The molecule has 0 heterocycles. The standard InChI is InChI=1S/C17H37N2/c1-6-8-9-10-11-12-13-14-15-16-18-17(7-2)19(3,4)5/h15-18H,6-14H2,1-5H3/q+1. The first kappa shape index (κ1) is 18.5. The summed E-state index contributed by atoms with van der Waals surface area (Å²) in [6, 6.07) is 0. The summed E-state index contributed by atoms with van der Waals surface area (Å²) in [7, 11) is 6.72. The van der Waals surface area contributed by atoms with Gasteiger partial charge in [0.05, 0.1) is 21.1 Å². The molecule has 0 amide bonds. The van der Waals surface area contributed by atoms with Crippen molar-refractivity contribution in [1.82, 2.24) is 5.32 Å². The first-order valence-corrected chi connectivity index (χ1v) is 8.24. The molecule has 0 spiro atoms. The number of nitrogens with zero attached hydrogens (tertiary/aromatic N) is 1. The smallest absolute Gasteiger partial charge is 0.160 e. The van der Waals surface area contributed by atoms with Gasteiger partial charge in [-0.1, -0.05) is 58.4 Å². The summed E-state index contributed by atoms with van der Waals surface area (Å²) in [6.45, 7) is 4.52. The third kappa shape index (κ3) is 11.1. The maximum Gasteiger partial charge on any atom is 0.160 e. The van der Waals surface area contributed by atoms with E-state index in [0.29, 0.717) is 6.17 Å². The lowest BCUT2D eigenvalue weighted by atomic mass is 10.1. The number of rotatable bonds is 12. The van der Waals surface area contributed by atoms with E-state index in [2.05, 4.69) is 52.6 Å². The number of quaternary nitrogens is 1. The van der Waals surface area contributed by atoms with Gasteiger partial charge in [-0.25, -0.2) is 0 Å². The molecule has 1 atom stereocenters. The molecule has 0 saturated carbocycles. The molecule has 0 aromatic heterocycles. The van der Waals surface area contributed by atoms with Crippen LogP contribution in [-0.4, -0.2) is 31.8 Å². The highest BCUT2D eigenvalue weighted by atomic mass is 15.4. The maximum absolute atomic E-state index is 3.52. The zero-order valence-electron chi connectivity index (χ0n) is 14.0. The molecule has 0 fully saturated rings. The molecule has 0 radical (unpaired) electrons. The lowest BCUT2D eigenvalue weighted by Crippen LogP contribution is -2.51. The maximum atomic E-state index is 3.52. The summed E-state index contributed by atoms with van der Waals surface area (Å²) < 4.78 is 0.971. The summed E-state index contributed by atoms with van der Waals surface area (Å²) in [5.74, 6) is 0. The van der Waals surface area contributed by atoms with Crippen LogP contribution in [0.3, 0.4) is 0 Å². The third-order valence-electron chi connectivity index (χ3n) is 3.70. The first-order valence-electron chi connectivity index (χ1n) is 8.24. The minimum absolute atomic E-state index is 0.519. The van der Waals surface area contributed by atoms with Crippen LogP contribution in [-0.2, 0) is 0 Å². The molecule has 0 aromatic rings. The molecule has 1 N–H and O–H groups in total. The van der Waals surface area contributed by atoms with E-state index < -0.39 is 0 Å². The Bertz CT molecular complexity index is 216. The van der Waals surface area contributed by atoms with Gasteiger partial charge in [-0.05, 0) is 19.0 Å². The number of hydrogen-bond donors (Lipinski definition) is 1. The van der Waals surface area contributed by atoms with E-state index in [1.165, 1.54) is 51.4 Å². The molecule has 19 heavy (non-hydrogen) atoms. The van der Waals surface area contributed by atoms with Gasteiger partial charge in [0.15, 0.2) is 6.17 Å². The molecule has 2 heteroatoms. The van der Waals surface area contributed by atoms with Crippen LogP contribution in [0.15, 0.2) is 12.3 Å². The predicted molar refractivity (Wildman–Crippen MR) is 87.0 cm³/mol. The van der Waals surface area contributed by atoms with Gasteiger partial charge in [0, 0.05) is 6.42 Å². The van der Waals surface area contributed by atoms with Crippen LogP contribution in [0.25, 0.3) is 0 Å². The molecule has 2 nitrogen and oxygen atoms in total. The van der Waals surface area contributed by atoms with Crippen molar-refractivity contribution in [3.8, 4) is 0 Å². The second-order valence-corrected chi connectivity index (χ2v) is 6.52. The quantitative estimate of drug-likeness (QED) is 0.308. The molecular formula is C17H37N2+.